The molecule has 0 bridgehead atoms. The Labute approximate surface area is 175 Å². The SMILES string of the molecule is COc1cccc(C2/C(=C(\O)c3cnc(C)nc3C)C(=O)C(=O)N2CCN(C)C)c1. The van der Waals surface area contributed by atoms with Gasteiger partial charge in [-0.1, -0.05) is 12.1 Å². The number of amides is 1. The van der Waals surface area contributed by atoms with Crippen LogP contribution in [0.5, 0.6) is 5.75 Å². The number of rotatable bonds is 6. The third-order valence-electron chi connectivity index (χ3n) is 5.09. The van der Waals surface area contributed by atoms with Crippen LogP contribution in [0.3, 0.4) is 0 Å². The molecule has 2 aromatic rings. The number of benzene rings is 1. The summed E-state index contributed by atoms with van der Waals surface area (Å²) in [6.45, 7) is 4.37. The number of aliphatic hydroxyl groups is 1. The van der Waals surface area contributed by atoms with Crippen molar-refractivity contribution in [3.05, 3.63) is 58.7 Å². The molecule has 8 heteroatoms. The lowest BCUT2D eigenvalue weighted by atomic mass is 9.95. The Balaban J connectivity index is 2.19. The molecule has 30 heavy (non-hydrogen) atoms. The number of methoxy groups -OCH3 is 1. The molecule has 1 aliphatic rings. The van der Waals surface area contributed by atoms with Crippen molar-refractivity contribution in [2.45, 2.75) is 19.9 Å². The molecule has 2 heterocycles. The lowest BCUT2D eigenvalue weighted by molar-refractivity contribution is -0.140. The van der Waals surface area contributed by atoms with Crippen molar-refractivity contribution >= 4 is 17.4 Å². The molecule has 158 valence electrons. The van der Waals surface area contributed by atoms with E-state index in [2.05, 4.69) is 9.97 Å². The highest BCUT2D eigenvalue weighted by Gasteiger charge is 2.46. The van der Waals surface area contributed by atoms with Crippen molar-refractivity contribution in [2.75, 3.05) is 34.3 Å². The predicted molar refractivity (Wildman–Crippen MR) is 112 cm³/mol. The molecule has 1 N–H and O–H groups in total. The maximum absolute atomic E-state index is 13.0. The van der Waals surface area contributed by atoms with Gasteiger partial charge in [-0.25, -0.2) is 9.97 Å². The molecular weight excluding hydrogens is 384 g/mol. The molecule has 1 unspecified atom stereocenters. The summed E-state index contributed by atoms with van der Waals surface area (Å²) < 4.78 is 5.32. The number of aromatic nitrogens is 2. The van der Waals surface area contributed by atoms with Crippen LogP contribution in [0.1, 0.15) is 28.7 Å². The first-order valence-electron chi connectivity index (χ1n) is 9.62. The molecule has 1 aromatic carbocycles. The summed E-state index contributed by atoms with van der Waals surface area (Å²) >= 11 is 0. The third kappa shape index (κ3) is 4.04. The van der Waals surface area contributed by atoms with Gasteiger partial charge in [-0.15, -0.1) is 0 Å². The Hall–Kier alpha value is -3.26. The first kappa shape index (κ1) is 21.4. The number of Topliss-reactive ketones (excluding diaryl/α,β-unsaturated/α-hetero) is 1. The van der Waals surface area contributed by atoms with E-state index in [9.17, 15) is 14.7 Å². The molecule has 3 rings (SSSR count). The zero-order chi connectivity index (χ0) is 22.0. The molecular formula is C22H26N4O4. The topological polar surface area (TPSA) is 95.9 Å². The molecule has 1 saturated heterocycles. The number of ketones is 1. The van der Waals surface area contributed by atoms with E-state index in [4.69, 9.17) is 4.74 Å². The van der Waals surface area contributed by atoms with Crippen LogP contribution in [0.2, 0.25) is 0 Å². The van der Waals surface area contributed by atoms with Crippen LogP contribution >= 0.6 is 0 Å². The summed E-state index contributed by atoms with van der Waals surface area (Å²) in [5.41, 5.74) is 1.57. The van der Waals surface area contributed by atoms with Crippen LogP contribution in [-0.4, -0.2) is 70.9 Å². The minimum Gasteiger partial charge on any atom is -0.507 e. The summed E-state index contributed by atoms with van der Waals surface area (Å²) in [4.78, 5) is 37.7. The van der Waals surface area contributed by atoms with Gasteiger partial charge in [-0.2, -0.15) is 0 Å². The van der Waals surface area contributed by atoms with E-state index >= 15 is 0 Å². The minimum absolute atomic E-state index is 0.0302. The van der Waals surface area contributed by atoms with Gasteiger partial charge in [0.1, 0.15) is 17.3 Å². The predicted octanol–water partition coefficient (Wildman–Crippen LogP) is 2.09. The standard InChI is InChI=1S/C22H26N4O4/c1-13-17(12-23-14(2)24-13)20(27)18-19(15-7-6-8-16(11-15)30-5)26(10-9-25(3)4)22(29)21(18)28/h6-8,11-12,19,27H,9-10H2,1-5H3/b20-18+. The number of carbonyl (C=O) groups excluding carboxylic acids is 2. The average molecular weight is 410 g/mol. The second kappa shape index (κ2) is 8.62. The molecule has 0 saturated carbocycles. The Bertz CT molecular complexity index is 1020. The van der Waals surface area contributed by atoms with Gasteiger partial charge in [-0.3, -0.25) is 9.59 Å². The molecule has 1 aromatic heterocycles. The maximum atomic E-state index is 13.0. The lowest BCUT2D eigenvalue weighted by Gasteiger charge is -2.26. The van der Waals surface area contributed by atoms with Crippen LogP contribution in [0.25, 0.3) is 5.76 Å². The van der Waals surface area contributed by atoms with Gasteiger partial charge >= 0.3 is 0 Å². The van der Waals surface area contributed by atoms with E-state index in [-0.39, 0.29) is 11.3 Å². The van der Waals surface area contributed by atoms with Crippen LogP contribution < -0.4 is 4.74 Å². The normalized spacial score (nSPS) is 18.3. The second-order valence-electron chi connectivity index (χ2n) is 7.49. The third-order valence-corrected chi connectivity index (χ3v) is 5.09. The fourth-order valence-electron chi connectivity index (χ4n) is 3.54. The second-order valence-corrected chi connectivity index (χ2v) is 7.49. The molecule has 1 fully saturated rings. The number of aryl methyl sites for hydroxylation is 2. The summed E-state index contributed by atoms with van der Waals surface area (Å²) in [5.74, 6) is -0.484. The monoisotopic (exact) mass is 410 g/mol. The highest BCUT2D eigenvalue weighted by Crippen LogP contribution is 2.40. The van der Waals surface area contributed by atoms with E-state index < -0.39 is 17.7 Å². The zero-order valence-electron chi connectivity index (χ0n) is 17.8. The number of aliphatic hydroxyl groups excluding tert-OH is 1. The summed E-state index contributed by atoms with van der Waals surface area (Å²) in [6, 6.07) is 6.42. The fourth-order valence-corrected chi connectivity index (χ4v) is 3.54. The molecule has 0 spiro atoms. The maximum Gasteiger partial charge on any atom is 0.295 e. The van der Waals surface area contributed by atoms with E-state index in [1.165, 1.54) is 11.1 Å². The van der Waals surface area contributed by atoms with Gasteiger partial charge in [0.05, 0.1) is 30.0 Å². The fraction of sp³-hybridized carbons (Fsp3) is 0.364. The van der Waals surface area contributed by atoms with Gasteiger partial charge in [-0.05, 0) is 45.6 Å². The molecule has 0 radical (unpaired) electrons. The van der Waals surface area contributed by atoms with Gasteiger partial charge in [0.2, 0.25) is 0 Å². The van der Waals surface area contributed by atoms with Gasteiger partial charge < -0.3 is 19.6 Å². The Kier molecular flexibility index (Phi) is 6.17. The van der Waals surface area contributed by atoms with E-state index in [0.29, 0.717) is 41.5 Å². The number of nitrogens with zero attached hydrogens (tertiary/aromatic N) is 4. The van der Waals surface area contributed by atoms with Gasteiger partial charge in [0.15, 0.2) is 0 Å². The number of hydrogen-bond acceptors (Lipinski definition) is 7. The quantitative estimate of drug-likeness (QED) is 0.442. The summed E-state index contributed by atoms with van der Waals surface area (Å²) in [6.07, 6.45) is 1.48. The van der Waals surface area contributed by atoms with Crippen molar-refractivity contribution in [1.82, 2.24) is 19.8 Å². The van der Waals surface area contributed by atoms with Crippen LogP contribution in [0.4, 0.5) is 0 Å². The van der Waals surface area contributed by atoms with Crippen molar-refractivity contribution < 1.29 is 19.4 Å². The van der Waals surface area contributed by atoms with Gasteiger partial charge in [0, 0.05) is 19.3 Å². The summed E-state index contributed by atoms with van der Waals surface area (Å²) in [7, 11) is 5.34. The van der Waals surface area contributed by atoms with Crippen LogP contribution in [0, 0.1) is 13.8 Å². The Morgan fingerprint density at radius 1 is 1.27 bits per heavy atom. The van der Waals surface area contributed by atoms with E-state index in [1.807, 2.05) is 25.1 Å². The molecule has 1 amide bonds. The number of likely N-dealkylation sites (N-methyl/N-ethyl adjacent to an activating group) is 1. The number of likely N-dealkylation sites (tertiary alicyclic amines) is 1. The molecule has 1 atom stereocenters. The van der Waals surface area contributed by atoms with Crippen molar-refractivity contribution in [1.29, 1.82) is 0 Å². The number of ether oxygens (including phenoxy) is 1. The van der Waals surface area contributed by atoms with Crippen LogP contribution in [0.15, 0.2) is 36.0 Å². The van der Waals surface area contributed by atoms with E-state index in [1.54, 1.807) is 39.2 Å². The number of hydrogen-bond donors (Lipinski definition) is 1. The molecule has 0 aliphatic carbocycles. The first-order chi connectivity index (χ1) is 14.2. The Morgan fingerprint density at radius 3 is 2.63 bits per heavy atom. The highest BCUT2D eigenvalue weighted by atomic mass is 16.5. The number of carbonyl (C=O) groups is 2. The average Bonchev–Trinajstić information content (AvgIpc) is 2.96. The van der Waals surface area contributed by atoms with Crippen molar-refractivity contribution in [3.8, 4) is 5.75 Å². The molecule has 1 aliphatic heterocycles. The lowest BCUT2D eigenvalue weighted by Crippen LogP contribution is -2.35. The van der Waals surface area contributed by atoms with Crippen molar-refractivity contribution in [2.24, 2.45) is 0 Å². The minimum atomic E-state index is -0.735. The molecule has 8 nitrogen and oxygen atoms in total. The van der Waals surface area contributed by atoms with E-state index in [0.717, 1.165) is 0 Å². The van der Waals surface area contributed by atoms with Gasteiger partial charge in [0.25, 0.3) is 11.7 Å². The Morgan fingerprint density at radius 2 is 2.00 bits per heavy atom. The smallest absolute Gasteiger partial charge is 0.295 e. The largest absolute Gasteiger partial charge is 0.507 e. The van der Waals surface area contributed by atoms with Crippen molar-refractivity contribution in [3.63, 3.8) is 0 Å². The highest BCUT2D eigenvalue weighted by molar-refractivity contribution is 6.46. The first-order valence-corrected chi connectivity index (χ1v) is 9.62. The van der Waals surface area contributed by atoms with Crippen LogP contribution in [-0.2, 0) is 9.59 Å². The zero-order valence-corrected chi connectivity index (χ0v) is 17.8. The summed E-state index contributed by atoms with van der Waals surface area (Å²) in [5, 5.41) is 11.1.